The van der Waals surface area contributed by atoms with Crippen molar-refractivity contribution in [1.82, 2.24) is 4.98 Å². The van der Waals surface area contributed by atoms with Gasteiger partial charge in [-0.3, -0.25) is 4.79 Å². The van der Waals surface area contributed by atoms with Gasteiger partial charge < -0.3 is 9.40 Å². The molecular weight excluding hydrogens is 234 g/mol. The number of nitrogens with one attached hydrogen (secondary N) is 1. The second kappa shape index (κ2) is 2.99. The summed E-state index contributed by atoms with van der Waals surface area (Å²) in [4.78, 5) is 14.8. The van der Waals surface area contributed by atoms with Crippen molar-refractivity contribution in [2.75, 3.05) is 0 Å². The van der Waals surface area contributed by atoms with Crippen LogP contribution < -0.4 is 5.56 Å². The van der Waals surface area contributed by atoms with E-state index in [0.717, 1.165) is 26.8 Å². The lowest BCUT2D eigenvalue weighted by molar-refractivity contribution is 0.672. The van der Waals surface area contributed by atoms with Gasteiger partial charge in [0.05, 0.1) is 15.6 Å². The van der Waals surface area contributed by atoms with Crippen molar-refractivity contribution in [3.63, 3.8) is 0 Å². The first kappa shape index (κ1) is 9.01. The molecule has 0 aliphatic heterocycles. The number of furan rings is 1. The third-order valence-corrected chi connectivity index (χ3v) is 3.86. The second-order valence-electron chi connectivity index (χ2n) is 3.92. The monoisotopic (exact) mass is 241 g/mol. The molecule has 4 aromatic rings. The largest absolute Gasteiger partial charge is 0.453 e. The second-order valence-corrected chi connectivity index (χ2v) is 4.84. The maximum absolute atomic E-state index is 11.9. The van der Waals surface area contributed by atoms with Crippen LogP contribution in [0.5, 0.6) is 0 Å². The van der Waals surface area contributed by atoms with E-state index in [2.05, 4.69) is 4.98 Å². The van der Waals surface area contributed by atoms with Gasteiger partial charge in [0.25, 0.3) is 5.56 Å². The summed E-state index contributed by atoms with van der Waals surface area (Å²) >= 11 is 1.53. The predicted octanol–water partition coefficient (Wildman–Crippen LogP) is 3.49. The molecule has 3 aromatic heterocycles. The molecule has 0 saturated heterocycles. The van der Waals surface area contributed by atoms with Crippen molar-refractivity contribution in [2.24, 2.45) is 0 Å². The van der Waals surface area contributed by atoms with Crippen molar-refractivity contribution < 1.29 is 4.42 Å². The van der Waals surface area contributed by atoms with Crippen LogP contribution in [0.2, 0.25) is 0 Å². The van der Waals surface area contributed by atoms with Gasteiger partial charge in [0.1, 0.15) is 5.58 Å². The van der Waals surface area contributed by atoms with E-state index in [-0.39, 0.29) is 5.56 Å². The van der Waals surface area contributed by atoms with Gasteiger partial charge in [0.2, 0.25) is 0 Å². The third kappa shape index (κ3) is 1.08. The molecule has 0 saturated carbocycles. The number of para-hydroxylation sites is 1. The molecule has 17 heavy (non-hydrogen) atoms. The highest BCUT2D eigenvalue weighted by molar-refractivity contribution is 7.18. The highest BCUT2D eigenvalue weighted by Gasteiger charge is 2.13. The van der Waals surface area contributed by atoms with Gasteiger partial charge in [-0.2, -0.15) is 0 Å². The average molecular weight is 241 g/mol. The summed E-state index contributed by atoms with van der Waals surface area (Å²) in [6.45, 7) is 0. The van der Waals surface area contributed by atoms with E-state index >= 15 is 0 Å². The molecule has 0 amide bonds. The summed E-state index contributed by atoms with van der Waals surface area (Å²) in [6.07, 6.45) is 0. The fraction of sp³-hybridized carbons (Fsp3) is 0. The van der Waals surface area contributed by atoms with Crippen LogP contribution in [0.4, 0.5) is 0 Å². The zero-order valence-electron chi connectivity index (χ0n) is 8.69. The molecule has 4 heteroatoms. The number of hydrogen-bond donors (Lipinski definition) is 1. The normalized spacial score (nSPS) is 11.8. The van der Waals surface area contributed by atoms with E-state index in [1.807, 2.05) is 35.7 Å². The Kier molecular flexibility index (Phi) is 1.58. The Balaban J connectivity index is 2.43. The fourth-order valence-corrected chi connectivity index (χ4v) is 3.05. The number of rotatable bonds is 0. The summed E-state index contributed by atoms with van der Waals surface area (Å²) in [5, 5.41) is 3.56. The maximum Gasteiger partial charge on any atom is 0.257 e. The zero-order valence-corrected chi connectivity index (χ0v) is 9.51. The molecular formula is C13H7NO2S. The average Bonchev–Trinajstić information content (AvgIpc) is 2.93. The van der Waals surface area contributed by atoms with Gasteiger partial charge in [0, 0.05) is 5.39 Å². The van der Waals surface area contributed by atoms with Crippen molar-refractivity contribution in [3.8, 4) is 0 Å². The molecule has 0 atom stereocenters. The SMILES string of the molecule is O=c1[nH]c2c3ccccc3oc2c2sccc12. The Morgan fingerprint density at radius 1 is 1.12 bits per heavy atom. The standard InChI is InChI=1S/C13H7NO2S/c15-13-8-5-6-17-12(8)11-10(14-13)7-3-1-2-4-9(7)16-11/h1-6H,(H,14,15). The van der Waals surface area contributed by atoms with E-state index < -0.39 is 0 Å². The molecule has 0 unspecified atom stereocenters. The first-order valence-electron chi connectivity index (χ1n) is 5.25. The van der Waals surface area contributed by atoms with Gasteiger partial charge in [-0.05, 0) is 23.6 Å². The van der Waals surface area contributed by atoms with E-state index in [1.54, 1.807) is 0 Å². The lowest BCUT2D eigenvalue weighted by Crippen LogP contribution is -2.03. The number of fused-ring (bicyclic) bond motifs is 5. The van der Waals surface area contributed by atoms with Crippen molar-refractivity contribution in [2.45, 2.75) is 0 Å². The summed E-state index contributed by atoms with van der Waals surface area (Å²) in [6, 6.07) is 9.55. The molecule has 0 aliphatic rings. The van der Waals surface area contributed by atoms with Crippen LogP contribution in [0.25, 0.3) is 32.2 Å². The lowest BCUT2D eigenvalue weighted by atomic mass is 10.2. The number of aromatic nitrogens is 1. The molecule has 3 nitrogen and oxygen atoms in total. The molecule has 82 valence electrons. The van der Waals surface area contributed by atoms with Crippen LogP contribution in [-0.4, -0.2) is 4.98 Å². The van der Waals surface area contributed by atoms with Crippen molar-refractivity contribution in [3.05, 3.63) is 46.1 Å². The highest BCUT2D eigenvalue weighted by atomic mass is 32.1. The molecule has 0 spiro atoms. The lowest BCUT2D eigenvalue weighted by Gasteiger charge is -1.91. The minimum Gasteiger partial charge on any atom is -0.453 e. The zero-order chi connectivity index (χ0) is 11.4. The minimum atomic E-state index is -0.0553. The van der Waals surface area contributed by atoms with Crippen LogP contribution in [0.1, 0.15) is 0 Å². The summed E-state index contributed by atoms with van der Waals surface area (Å²) in [5.41, 5.74) is 2.32. The fourth-order valence-electron chi connectivity index (χ4n) is 2.17. The Hall–Kier alpha value is -2.07. The van der Waals surface area contributed by atoms with Gasteiger partial charge in [-0.25, -0.2) is 0 Å². The van der Waals surface area contributed by atoms with Crippen LogP contribution in [0, 0.1) is 0 Å². The Bertz CT molecular complexity index is 913. The number of thiophene rings is 1. The molecule has 0 fully saturated rings. The topological polar surface area (TPSA) is 46.0 Å². The van der Waals surface area contributed by atoms with E-state index in [4.69, 9.17) is 4.42 Å². The van der Waals surface area contributed by atoms with Crippen molar-refractivity contribution in [1.29, 1.82) is 0 Å². The van der Waals surface area contributed by atoms with E-state index in [9.17, 15) is 4.79 Å². The third-order valence-electron chi connectivity index (χ3n) is 2.95. The molecule has 3 heterocycles. The van der Waals surface area contributed by atoms with Gasteiger partial charge in [-0.1, -0.05) is 12.1 Å². The number of benzene rings is 1. The maximum atomic E-state index is 11.9. The minimum absolute atomic E-state index is 0.0553. The van der Waals surface area contributed by atoms with Gasteiger partial charge >= 0.3 is 0 Å². The number of hydrogen-bond acceptors (Lipinski definition) is 3. The molecule has 1 N–H and O–H groups in total. The molecule has 0 radical (unpaired) electrons. The smallest absolute Gasteiger partial charge is 0.257 e. The molecule has 0 aliphatic carbocycles. The Morgan fingerprint density at radius 3 is 2.94 bits per heavy atom. The molecule has 0 bridgehead atoms. The van der Waals surface area contributed by atoms with E-state index in [0.29, 0.717) is 5.39 Å². The van der Waals surface area contributed by atoms with Gasteiger partial charge in [-0.15, -0.1) is 11.3 Å². The van der Waals surface area contributed by atoms with Crippen molar-refractivity contribution >= 4 is 43.5 Å². The Labute approximate surface area is 99.3 Å². The number of pyridine rings is 1. The summed E-state index contributed by atoms with van der Waals surface area (Å²) in [5.74, 6) is 0. The number of H-pyrrole nitrogens is 1. The highest BCUT2D eigenvalue weighted by Crippen LogP contribution is 2.32. The van der Waals surface area contributed by atoms with E-state index in [1.165, 1.54) is 11.3 Å². The first-order chi connectivity index (χ1) is 8.34. The van der Waals surface area contributed by atoms with Crippen LogP contribution >= 0.6 is 11.3 Å². The van der Waals surface area contributed by atoms with Crippen LogP contribution in [0.3, 0.4) is 0 Å². The summed E-state index contributed by atoms with van der Waals surface area (Å²) < 4.78 is 6.74. The number of aromatic amines is 1. The molecule has 1 aromatic carbocycles. The van der Waals surface area contributed by atoms with Crippen LogP contribution in [-0.2, 0) is 0 Å². The Morgan fingerprint density at radius 2 is 2.00 bits per heavy atom. The van der Waals surface area contributed by atoms with Crippen LogP contribution in [0.15, 0.2) is 44.9 Å². The quantitative estimate of drug-likeness (QED) is 0.512. The summed E-state index contributed by atoms with van der Waals surface area (Å²) in [7, 11) is 0. The predicted molar refractivity (Wildman–Crippen MR) is 69.7 cm³/mol. The molecule has 4 rings (SSSR count). The first-order valence-corrected chi connectivity index (χ1v) is 6.13. The van der Waals surface area contributed by atoms with Gasteiger partial charge in [0.15, 0.2) is 5.58 Å².